The lowest BCUT2D eigenvalue weighted by Gasteiger charge is -2.02. The predicted molar refractivity (Wildman–Crippen MR) is 64.4 cm³/mol. The molecule has 5 heteroatoms. The van der Waals surface area contributed by atoms with E-state index in [0.29, 0.717) is 26.1 Å². The molecule has 0 unspecified atom stereocenters. The molecule has 0 fully saturated rings. The second-order valence-corrected chi connectivity index (χ2v) is 4.00. The van der Waals surface area contributed by atoms with Gasteiger partial charge in [-0.15, -0.1) is 0 Å². The Balaban J connectivity index is 2.09. The summed E-state index contributed by atoms with van der Waals surface area (Å²) in [5.74, 6) is 0.710. The van der Waals surface area contributed by atoms with Crippen LogP contribution in [0.5, 0.6) is 0 Å². The molecule has 15 heavy (non-hydrogen) atoms. The highest BCUT2D eigenvalue weighted by molar-refractivity contribution is 14.1. The lowest BCUT2D eigenvalue weighted by molar-refractivity contribution is -0.142. The van der Waals surface area contributed by atoms with Crippen molar-refractivity contribution < 1.29 is 13.9 Å². The van der Waals surface area contributed by atoms with Gasteiger partial charge in [-0.25, -0.2) is 0 Å². The lowest BCUT2D eigenvalue weighted by atomic mass is 10.4. The minimum atomic E-state index is -0.168. The van der Waals surface area contributed by atoms with Gasteiger partial charge >= 0.3 is 5.97 Å². The number of ether oxygens (including phenoxy) is 1. The molecule has 0 amide bonds. The van der Waals surface area contributed by atoms with Crippen LogP contribution >= 0.6 is 22.6 Å². The van der Waals surface area contributed by atoms with Crippen molar-refractivity contribution in [2.75, 3.05) is 13.2 Å². The van der Waals surface area contributed by atoms with Crippen molar-refractivity contribution >= 4 is 28.6 Å². The van der Waals surface area contributed by atoms with Crippen LogP contribution in [0.4, 0.5) is 0 Å². The van der Waals surface area contributed by atoms with E-state index in [1.165, 1.54) is 0 Å². The van der Waals surface area contributed by atoms with Crippen molar-refractivity contribution in [3.05, 3.63) is 21.7 Å². The van der Waals surface area contributed by atoms with Crippen molar-refractivity contribution in [2.24, 2.45) is 0 Å². The third-order valence-corrected chi connectivity index (χ3v) is 2.32. The van der Waals surface area contributed by atoms with Crippen molar-refractivity contribution in [3.8, 4) is 0 Å². The van der Waals surface area contributed by atoms with E-state index >= 15 is 0 Å². The van der Waals surface area contributed by atoms with Crippen molar-refractivity contribution in [1.82, 2.24) is 5.32 Å². The zero-order chi connectivity index (χ0) is 11.1. The Morgan fingerprint density at radius 2 is 2.40 bits per heavy atom. The Morgan fingerprint density at radius 3 is 3.00 bits per heavy atom. The fourth-order valence-electron chi connectivity index (χ4n) is 1.08. The number of nitrogens with one attached hydrogen (secondary N) is 1. The summed E-state index contributed by atoms with van der Waals surface area (Å²) in [5, 5.41) is 3.11. The minimum absolute atomic E-state index is 0.168. The third-order valence-electron chi connectivity index (χ3n) is 1.74. The fraction of sp³-hybridized carbons (Fsp3) is 0.500. The van der Waals surface area contributed by atoms with Crippen LogP contribution in [0, 0.1) is 3.77 Å². The van der Waals surface area contributed by atoms with Gasteiger partial charge < -0.3 is 14.5 Å². The first-order valence-electron chi connectivity index (χ1n) is 4.83. The number of hydrogen-bond acceptors (Lipinski definition) is 4. The second-order valence-electron chi connectivity index (χ2n) is 2.94. The van der Waals surface area contributed by atoms with Crippen LogP contribution in [0.25, 0.3) is 0 Å². The molecular weight excluding hydrogens is 309 g/mol. The normalized spacial score (nSPS) is 10.3. The first-order chi connectivity index (χ1) is 7.22. The average Bonchev–Trinajstić information content (AvgIpc) is 2.60. The number of rotatable bonds is 6. The largest absolute Gasteiger partial charge is 0.466 e. The zero-order valence-electron chi connectivity index (χ0n) is 8.59. The molecule has 0 saturated carbocycles. The monoisotopic (exact) mass is 323 g/mol. The van der Waals surface area contributed by atoms with Crippen molar-refractivity contribution in [2.45, 2.75) is 19.9 Å². The summed E-state index contributed by atoms with van der Waals surface area (Å²) in [4.78, 5) is 11.0. The summed E-state index contributed by atoms with van der Waals surface area (Å²) in [6, 6.07) is 3.82. The second kappa shape index (κ2) is 6.84. The Labute approximate surface area is 103 Å². The molecule has 0 radical (unpaired) electrons. The maximum atomic E-state index is 11.0. The van der Waals surface area contributed by atoms with Crippen LogP contribution in [0.15, 0.2) is 16.5 Å². The molecule has 1 aromatic rings. The molecule has 0 spiro atoms. The summed E-state index contributed by atoms with van der Waals surface area (Å²) in [6.45, 7) is 3.49. The average molecular weight is 323 g/mol. The van der Waals surface area contributed by atoms with E-state index in [0.717, 1.165) is 9.53 Å². The first kappa shape index (κ1) is 12.5. The highest BCUT2D eigenvalue weighted by Crippen LogP contribution is 2.09. The summed E-state index contributed by atoms with van der Waals surface area (Å²) in [6.07, 6.45) is 0.394. The minimum Gasteiger partial charge on any atom is -0.466 e. The molecule has 0 aliphatic rings. The summed E-state index contributed by atoms with van der Waals surface area (Å²) < 4.78 is 11.0. The highest BCUT2D eigenvalue weighted by atomic mass is 127. The molecule has 0 aliphatic carbocycles. The molecule has 0 aromatic carbocycles. The van der Waals surface area contributed by atoms with Gasteiger partial charge in [0.05, 0.1) is 19.6 Å². The number of hydrogen-bond donors (Lipinski definition) is 1. The van der Waals surface area contributed by atoms with Crippen LogP contribution in [-0.4, -0.2) is 19.1 Å². The fourth-order valence-corrected chi connectivity index (χ4v) is 1.54. The van der Waals surface area contributed by atoms with Crippen LogP contribution < -0.4 is 5.32 Å². The first-order valence-corrected chi connectivity index (χ1v) is 5.90. The summed E-state index contributed by atoms with van der Waals surface area (Å²) in [7, 11) is 0. The van der Waals surface area contributed by atoms with Crippen LogP contribution in [0.3, 0.4) is 0 Å². The van der Waals surface area contributed by atoms with E-state index in [4.69, 9.17) is 9.15 Å². The zero-order valence-corrected chi connectivity index (χ0v) is 10.7. The molecule has 1 rings (SSSR count). The molecule has 0 bridgehead atoms. The summed E-state index contributed by atoms with van der Waals surface area (Å²) in [5.41, 5.74) is 0. The molecule has 0 aliphatic heterocycles. The maximum absolute atomic E-state index is 11.0. The summed E-state index contributed by atoms with van der Waals surface area (Å²) >= 11 is 2.11. The molecule has 0 saturated heterocycles. The van der Waals surface area contributed by atoms with Gasteiger partial charge in [-0.3, -0.25) is 4.79 Å². The number of esters is 1. The van der Waals surface area contributed by atoms with Gasteiger partial charge in [-0.2, -0.15) is 0 Å². The van der Waals surface area contributed by atoms with Crippen LogP contribution in [0.1, 0.15) is 19.1 Å². The van der Waals surface area contributed by atoms with Crippen LogP contribution in [0.2, 0.25) is 0 Å². The van der Waals surface area contributed by atoms with E-state index in [9.17, 15) is 4.79 Å². The lowest BCUT2D eigenvalue weighted by Crippen LogP contribution is -2.18. The van der Waals surface area contributed by atoms with Gasteiger partial charge in [-0.1, -0.05) is 0 Å². The number of furan rings is 1. The van der Waals surface area contributed by atoms with Gasteiger partial charge in [0.25, 0.3) is 0 Å². The number of carbonyl (C=O) groups is 1. The smallest absolute Gasteiger partial charge is 0.307 e. The Hall–Kier alpha value is -0.560. The van der Waals surface area contributed by atoms with Gasteiger partial charge in [0, 0.05) is 6.54 Å². The maximum Gasteiger partial charge on any atom is 0.307 e. The Bertz CT molecular complexity index is 311. The molecular formula is C10H14INO3. The van der Waals surface area contributed by atoms with E-state index in [1.54, 1.807) is 6.92 Å². The van der Waals surface area contributed by atoms with Crippen molar-refractivity contribution in [1.29, 1.82) is 0 Å². The van der Waals surface area contributed by atoms with E-state index in [1.807, 2.05) is 12.1 Å². The van der Waals surface area contributed by atoms with Gasteiger partial charge in [0.1, 0.15) is 5.76 Å². The molecule has 84 valence electrons. The topological polar surface area (TPSA) is 51.5 Å². The van der Waals surface area contributed by atoms with E-state index < -0.39 is 0 Å². The number of halogens is 1. The third kappa shape index (κ3) is 5.17. The highest BCUT2D eigenvalue weighted by Gasteiger charge is 2.02. The molecule has 4 nitrogen and oxygen atoms in total. The Morgan fingerprint density at radius 1 is 1.60 bits per heavy atom. The van der Waals surface area contributed by atoms with Crippen molar-refractivity contribution in [3.63, 3.8) is 0 Å². The quantitative estimate of drug-likeness (QED) is 0.494. The van der Waals surface area contributed by atoms with E-state index in [2.05, 4.69) is 27.9 Å². The number of carbonyl (C=O) groups excluding carboxylic acids is 1. The molecule has 0 atom stereocenters. The van der Waals surface area contributed by atoms with Gasteiger partial charge in [0.2, 0.25) is 0 Å². The Kier molecular flexibility index (Phi) is 5.70. The molecule has 1 N–H and O–H groups in total. The van der Waals surface area contributed by atoms with Crippen LogP contribution in [-0.2, 0) is 16.1 Å². The van der Waals surface area contributed by atoms with Gasteiger partial charge in [0.15, 0.2) is 3.77 Å². The standard InChI is InChI=1S/C10H14INO3/c1-2-14-10(13)5-6-12-7-8-3-4-9(11)15-8/h3-4,12H,2,5-7H2,1H3. The van der Waals surface area contributed by atoms with Gasteiger partial charge in [-0.05, 0) is 41.6 Å². The van der Waals surface area contributed by atoms with E-state index in [-0.39, 0.29) is 5.97 Å². The molecule has 1 aromatic heterocycles. The molecule has 1 heterocycles. The predicted octanol–water partition coefficient (Wildman–Crippen LogP) is 1.93. The SMILES string of the molecule is CCOC(=O)CCNCc1ccc(I)o1.